The maximum Gasteiger partial charge on any atom is 0.407 e. The molecule has 0 saturated carbocycles. The van der Waals surface area contributed by atoms with E-state index < -0.39 is 5.60 Å². The lowest BCUT2D eigenvalue weighted by Crippen LogP contribution is -2.54. The third-order valence-corrected chi connectivity index (χ3v) is 6.38. The van der Waals surface area contributed by atoms with Crippen LogP contribution in [0.5, 0.6) is 0 Å². The fraction of sp³-hybridized carbons (Fsp3) is 0.680. The molecule has 2 aliphatic heterocycles. The van der Waals surface area contributed by atoms with Gasteiger partial charge in [0.1, 0.15) is 5.60 Å². The van der Waals surface area contributed by atoms with Gasteiger partial charge in [-0.3, -0.25) is 4.79 Å². The van der Waals surface area contributed by atoms with Crippen LogP contribution < -0.4 is 10.6 Å². The van der Waals surface area contributed by atoms with Crippen molar-refractivity contribution in [1.29, 1.82) is 0 Å². The molecule has 0 radical (unpaired) electrons. The van der Waals surface area contributed by atoms with Gasteiger partial charge < -0.3 is 25.0 Å². The zero-order chi connectivity index (χ0) is 23.1. The first kappa shape index (κ1) is 24.5. The van der Waals surface area contributed by atoms with E-state index in [1.807, 2.05) is 62.9 Å². The molecule has 7 nitrogen and oxygen atoms in total. The van der Waals surface area contributed by atoms with Crippen molar-refractivity contribution in [2.75, 3.05) is 32.8 Å². The molecule has 2 fully saturated rings. The van der Waals surface area contributed by atoms with Crippen LogP contribution >= 0.6 is 0 Å². The highest BCUT2D eigenvalue weighted by Crippen LogP contribution is 2.22. The van der Waals surface area contributed by atoms with Crippen molar-refractivity contribution in [3.8, 4) is 0 Å². The average Bonchev–Trinajstić information content (AvgIpc) is 2.77. The van der Waals surface area contributed by atoms with Crippen LogP contribution in [0.3, 0.4) is 0 Å². The molecule has 2 amide bonds. The molecule has 3 rings (SSSR count). The van der Waals surface area contributed by atoms with Crippen molar-refractivity contribution in [2.24, 2.45) is 11.8 Å². The molecule has 0 spiro atoms. The molecule has 2 N–H and O–H groups in total. The van der Waals surface area contributed by atoms with E-state index in [0.29, 0.717) is 12.5 Å². The Bertz CT molecular complexity index is 741. The molecule has 0 unspecified atom stereocenters. The highest BCUT2D eigenvalue weighted by atomic mass is 16.6. The lowest BCUT2D eigenvalue weighted by atomic mass is 9.88. The highest BCUT2D eigenvalue weighted by Gasteiger charge is 2.33. The van der Waals surface area contributed by atoms with Crippen LogP contribution in [0.4, 0.5) is 4.79 Å². The van der Waals surface area contributed by atoms with Crippen molar-refractivity contribution in [3.05, 3.63) is 35.9 Å². The number of likely N-dealkylation sites (tertiary alicyclic amines) is 1. The standard InChI is InChI=1S/C25H39N3O4/c1-18(27-24(30)32-25(2,3)4)21-17-31-15-12-22(21)26-16-19-10-13-28(14-11-19)23(29)20-8-6-5-7-9-20/h5-9,18-19,21-22,26H,10-17H2,1-4H3,(H,27,30)/t18-,21+,22-/m0/s1. The van der Waals surface area contributed by atoms with E-state index in [1.54, 1.807) is 0 Å². The van der Waals surface area contributed by atoms with Gasteiger partial charge >= 0.3 is 6.09 Å². The van der Waals surface area contributed by atoms with Crippen molar-refractivity contribution in [3.63, 3.8) is 0 Å². The summed E-state index contributed by atoms with van der Waals surface area (Å²) in [6, 6.07) is 9.76. The second-order valence-corrected chi connectivity index (χ2v) is 10.1. The molecule has 3 atom stereocenters. The summed E-state index contributed by atoms with van der Waals surface area (Å²) in [5.74, 6) is 0.868. The summed E-state index contributed by atoms with van der Waals surface area (Å²) in [4.78, 5) is 26.8. The fourth-order valence-electron chi connectivity index (χ4n) is 4.53. The van der Waals surface area contributed by atoms with Crippen molar-refractivity contribution in [2.45, 2.75) is 64.6 Å². The quantitative estimate of drug-likeness (QED) is 0.701. The molecule has 32 heavy (non-hydrogen) atoms. The number of ether oxygens (including phenoxy) is 2. The summed E-state index contributed by atoms with van der Waals surface area (Å²) in [7, 11) is 0. The molecular formula is C25H39N3O4. The predicted molar refractivity (Wildman–Crippen MR) is 125 cm³/mol. The van der Waals surface area contributed by atoms with Gasteiger partial charge in [-0.1, -0.05) is 18.2 Å². The molecule has 7 heteroatoms. The topological polar surface area (TPSA) is 79.9 Å². The lowest BCUT2D eigenvalue weighted by Gasteiger charge is -2.38. The minimum atomic E-state index is -0.513. The lowest BCUT2D eigenvalue weighted by molar-refractivity contribution is 0.0111. The van der Waals surface area contributed by atoms with Gasteiger partial charge in [0.2, 0.25) is 0 Å². The van der Waals surface area contributed by atoms with Crippen LogP contribution in [-0.2, 0) is 9.47 Å². The Morgan fingerprint density at radius 1 is 1.16 bits per heavy atom. The van der Waals surface area contributed by atoms with E-state index in [9.17, 15) is 9.59 Å². The van der Waals surface area contributed by atoms with E-state index in [1.165, 1.54) is 0 Å². The number of piperidine rings is 1. The second kappa shape index (κ2) is 11.1. The molecule has 2 heterocycles. The number of rotatable bonds is 6. The fourth-order valence-corrected chi connectivity index (χ4v) is 4.53. The molecule has 0 bridgehead atoms. The Morgan fingerprint density at radius 2 is 1.84 bits per heavy atom. The van der Waals surface area contributed by atoms with Crippen LogP contribution in [0.2, 0.25) is 0 Å². The van der Waals surface area contributed by atoms with Gasteiger partial charge in [-0.15, -0.1) is 0 Å². The second-order valence-electron chi connectivity index (χ2n) is 10.1. The number of carbonyl (C=O) groups excluding carboxylic acids is 2. The SMILES string of the molecule is C[C@H](NC(=O)OC(C)(C)C)[C@H]1COCC[C@@H]1NCC1CCN(C(=O)c2ccccc2)CC1. The van der Waals surface area contributed by atoms with Gasteiger partial charge in [-0.25, -0.2) is 4.79 Å². The summed E-state index contributed by atoms with van der Waals surface area (Å²) in [5.41, 5.74) is 0.252. The third kappa shape index (κ3) is 7.20. The van der Waals surface area contributed by atoms with E-state index in [4.69, 9.17) is 9.47 Å². The molecular weight excluding hydrogens is 406 g/mol. The average molecular weight is 446 g/mol. The Balaban J connectivity index is 1.45. The van der Waals surface area contributed by atoms with E-state index in [2.05, 4.69) is 10.6 Å². The first-order valence-electron chi connectivity index (χ1n) is 11.9. The first-order valence-corrected chi connectivity index (χ1v) is 11.9. The summed E-state index contributed by atoms with van der Waals surface area (Å²) in [6.45, 7) is 11.5. The van der Waals surface area contributed by atoms with Gasteiger partial charge in [0.15, 0.2) is 0 Å². The van der Waals surface area contributed by atoms with E-state index in [-0.39, 0.29) is 30.0 Å². The van der Waals surface area contributed by atoms with Crippen LogP contribution in [0.15, 0.2) is 30.3 Å². The van der Waals surface area contributed by atoms with Crippen molar-refractivity contribution < 1.29 is 19.1 Å². The summed E-state index contributed by atoms with van der Waals surface area (Å²) in [5, 5.41) is 6.73. The number of amides is 2. The van der Waals surface area contributed by atoms with Gasteiger partial charge in [0, 0.05) is 43.3 Å². The van der Waals surface area contributed by atoms with Gasteiger partial charge in [0.05, 0.1) is 6.61 Å². The number of nitrogens with zero attached hydrogens (tertiary/aromatic N) is 1. The number of hydrogen-bond acceptors (Lipinski definition) is 5. The molecule has 0 aliphatic carbocycles. The largest absolute Gasteiger partial charge is 0.444 e. The Hall–Kier alpha value is -2.12. The normalized spacial score (nSPS) is 23.4. The molecule has 1 aromatic rings. The zero-order valence-electron chi connectivity index (χ0n) is 19.9. The number of hydrogen-bond donors (Lipinski definition) is 2. The summed E-state index contributed by atoms with van der Waals surface area (Å²) >= 11 is 0. The number of nitrogens with one attached hydrogen (secondary N) is 2. The van der Waals surface area contributed by atoms with Crippen LogP contribution in [-0.4, -0.2) is 67.4 Å². The highest BCUT2D eigenvalue weighted by molar-refractivity contribution is 5.94. The molecule has 0 aromatic heterocycles. The molecule has 178 valence electrons. The Morgan fingerprint density at radius 3 is 2.50 bits per heavy atom. The minimum Gasteiger partial charge on any atom is -0.444 e. The smallest absolute Gasteiger partial charge is 0.407 e. The van der Waals surface area contributed by atoms with Gasteiger partial charge in [-0.05, 0) is 71.6 Å². The van der Waals surface area contributed by atoms with Crippen LogP contribution in [0, 0.1) is 11.8 Å². The van der Waals surface area contributed by atoms with Crippen molar-refractivity contribution in [1.82, 2.24) is 15.5 Å². The zero-order valence-corrected chi connectivity index (χ0v) is 19.9. The van der Waals surface area contributed by atoms with E-state index in [0.717, 1.165) is 51.1 Å². The summed E-state index contributed by atoms with van der Waals surface area (Å²) in [6.07, 6.45) is 2.55. The molecule has 2 saturated heterocycles. The molecule has 2 aliphatic rings. The van der Waals surface area contributed by atoms with Gasteiger partial charge in [0.25, 0.3) is 5.91 Å². The van der Waals surface area contributed by atoms with Gasteiger partial charge in [-0.2, -0.15) is 0 Å². The predicted octanol–water partition coefficient (Wildman–Crippen LogP) is 3.45. The Kier molecular flexibility index (Phi) is 8.54. The maximum absolute atomic E-state index is 12.7. The minimum absolute atomic E-state index is 0.0482. The van der Waals surface area contributed by atoms with E-state index >= 15 is 0 Å². The third-order valence-electron chi connectivity index (χ3n) is 6.38. The Labute approximate surface area is 192 Å². The monoisotopic (exact) mass is 445 g/mol. The first-order chi connectivity index (χ1) is 15.2. The van der Waals surface area contributed by atoms with Crippen LogP contribution in [0.25, 0.3) is 0 Å². The molecule has 1 aromatic carbocycles. The maximum atomic E-state index is 12.7. The summed E-state index contributed by atoms with van der Waals surface area (Å²) < 4.78 is 11.1. The number of carbonyl (C=O) groups is 2. The number of benzene rings is 1. The van der Waals surface area contributed by atoms with Crippen LogP contribution in [0.1, 0.15) is 57.3 Å². The number of alkyl carbamates (subject to hydrolysis) is 1. The van der Waals surface area contributed by atoms with Crippen molar-refractivity contribution >= 4 is 12.0 Å².